The van der Waals surface area contributed by atoms with Crippen LogP contribution >= 0.6 is 15.8 Å². The molecule has 0 aromatic heterocycles. The highest BCUT2D eigenvalue weighted by Crippen LogP contribution is 2.65. The zero-order valence-corrected chi connectivity index (χ0v) is 18.9. The second-order valence-electron chi connectivity index (χ2n) is 8.42. The molecule has 0 saturated carbocycles. The molecule has 3 rings (SSSR count). The summed E-state index contributed by atoms with van der Waals surface area (Å²) in [7, 11) is 0.0234. The lowest BCUT2D eigenvalue weighted by molar-refractivity contribution is 0.570. The molecule has 0 radical (unpaired) electrons. The SMILES string of the molecule is CC[C@@H]1CC[C@@H](CC)P1c1ccccc1P1[C@H](CC)CCC1(C)CC. The van der Waals surface area contributed by atoms with E-state index in [0.29, 0.717) is 5.16 Å². The molecule has 0 amide bonds. The minimum Gasteiger partial charge on any atom is -0.0683 e. The Morgan fingerprint density at radius 3 is 1.92 bits per heavy atom. The largest absolute Gasteiger partial charge is 0.0683 e. The molecule has 0 nitrogen and oxygen atoms in total. The fraction of sp³-hybridized carbons (Fsp3) is 0.739. The second kappa shape index (κ2) is 8.40. The third-order valence-corrected chi connectivity index (χ3v) is 15.1. The second-order valence-corrected chi connectivity index (χ2v) is 14.2. The van der Waals surface area contributed by atoms with Gasteiger partial charge in [-0.2, -0.15) is 0 Å². The van der Waals surface area contributed by atoms with Crippen molar-refractivity contribution in [2.24, 2.45) is 0 Å². The summed E-state index contributed by atoms with van der Waals surface area (Å²) in [6.45, 7) is 12.4. The van der Waals surface area contributed by atoms with Crippen LogP contribution in [0.2, 0.25) is 0 Å². The van der Waals surface area contributed by atoms with Crippen molar-refractivity contribution in [3.05, 3.63) is 24.3 Å². The lowest BCUT2D eigenvalue weighted by atomic mass is 10.0. The van der Waals surface area contributed by atoms with E-state index in [1.165, 1.54) is 51.4 Å². The van der Waals surface area contributed by atoms with Crippen LogP contribution < -0.4 is 10.6 Å². The quantitative estimate of drug-likeness (QED) is 0.469. The Morgan fingerprint density at radius 1 is 0.840 bits per heavy atom. The van der Waals surface area contributed by atoms with E-state index >= 15 is 0 Å². The maximum absolute atomic E-state index is 2.61. The molecule has 2 unspecified atom stereocenters. The average molecular weight is 377 g/mol. The summed E-state index contributed by atoms with van der Waals surface area (Å²) < 4.78 is 0. The van der Waals surface area contributed by atoms with E-state index in [2.05, 4.69) is 58.9 Å². The van der Waals surface area contributed by atoms with Gasteiger partial charge in [0.15, 0.2) is 0 Å². The highest BCUT2D eigenvalue weighted by molar-refractivity contribution is 7.74. The predicted octanol–water partition coefficient (Wildman–Crippen LogP) is 6.99. The van der Waals surface area contributed by atoms with Crippen LogP contribution in [0.3, 0.4) is 0 Å². The number of hydrogen-bond acceptors (Lipinski definition) is 0. The van der Waals surface area contributed by atoms with Crippen molar-refractivity contribution < 1.29 is 0 Å². The molecule has 2 saturated heterocycles. The van der Waals surface area contributed by atoms with E-state index in [-0.39, 0.29) is 15.8 Å². The molecule has 1 aromatic rings. The van der Waals surface area contributed by atoms with Gasteiger partial charge in [-0.1, -0.05) is 74.7 Å². The van der Waals surface area contributed by atoms with Crippen LogP contribution in [0.5, 0.6) is 0 Å². The summed E-state index contributed by atoms with van der Waals surface area (Å²) in [5.74, 6) is 0. The molecule has 2 fully saturated rings. The van der Waals surface area contributed by atoms with Crippen molar-refractivity contribution in [3.8, 4) is 0 Å². The molecule has 25 heavy (non-hydrogen) atoms. The van der Waals surface area contributed by atoms with Gasteiger partial charge < -0.3 is 0 Å². The van der Waals surface area contributed by atoms with Gasteiger partial charge >= 0.3 is 0 Å². The third kappa shape index (κ3) is 3.60. The minimum atomic E-state index is -0.0182. The van der Waals surface area contributed by atoms with Crippen LogP contribution in [-0.4, -0.2) is 22.1 Å². The Bertz CT molecular complexity index is 557. The van der Waals surface area contributed by atoms with Crippen molar-refractivity contribution in [2.45, 2.75) is 108 Å². The molecule has 2 heteroatoms. The monoisotopic (exact) mass is 376 g/mol. The van der Waals surface area contributed by atoms with E-state index in [1.807, 2.05) is 10.6 Å². The van der Waals surface area contributed by atoms with E-state index in [1.54, 1.807) is 0 Å². The van der Waals surface area contributed by atoms with E-state index in [4.69, 9.17) is 0 Å². The standard InChI is InChI=1S/C23H38P2/c1-6-18-14-15-19(7-2)24(18)21-12-10-11-13-22(21)25-20(8-3)16-17-23(25,5)9-4/h10-13,18-20H,6-9,14-17H2,1-5H3/t18-,19-,20-,23?,25?/m1/s1. The molecule has 0 bridgehead atoms. The Balaban J connectivity index is 2.06. The molecule has 140 valence electrons. The maximum Gasteiger partial charge on any atom is -0.00823 e. The third-order valence-electron chi connectivity index (χ3n) is 7.18. The van der Waals surface area contributed by atoms with Gasteiger partial charge in [0, 0.05) is 0 Å². The van der Waals surface area contributed by atoms with Crippen molar-refractivity contribution >= 4 is 26.5 Å². The van der Waals surface area contributed by atoms with Crippen LogP contribution in [0.25, 0.3) is 0 Å². The van der Waals surface area contributed by atoms with E-state index in [9.17, 15) is 0 Å². The Kier molecular flexibility index (Phi) is 6.66. The highest BCUT2D eigenvalue weighted by Gasteiger charge is 2.46. The van der Waals surface area contributed by atoms with E-state index in [0.717, 1.165) is 17.0 Å². The summed E-state index contributed by atoms with van der Waals surface area (Å²) >= 11 is 0. The van der Waals surface area contributed by atoms with Gasteiger partial charge in [-0.15, -0.1) is 0 Å². The summed E-state index contributed by atoms with van der Waals surface area (Å²) in [5, 5.41) is 4.24. The zero-order chi connectivity index (χ0) is 18.0. The highest BCUT2D eigenvalue weighted by atomic mass is 31.1. The molecule has 5 atom stereocenters. The fourth-order valence-corrected chi connectivity index (χ4v) is 13.6. The van der Waals surface area contributed by atoms with Crippen LogP contribution in [0.15, 0.2) is 24.3 Å². The normalized spacial score (nSPS) is 36.2. The van der Waals surface area contributed by atoms with Gasteiger partial charge in [0.1, 0.15) is 0 Å². The van der Waals surface area contributed by atoms with Gasteiger partial charge in [0.2, 0.25) is 0 Å². The van der Waals surface area contributed by atoms with Crippen LogP contribution in [0.4, 0.5) is 0 Å². The van der Waals surface area contributed by atoms with Gasteiger partial charge in [0.05, 0.1) is 0 Å². The molecule has 2 aliphatic rings. The molecule has 1 aromatic carbocycles. The van der Waals surface area contributed by atoms with Crippen LogP contribution in [0, 0.1) is 0 Å². The Hall–Kier alpha value is 0.0800. The van der Waals surface area contributed by atoms with Crippen molar-refractivity contribution in [2.75, 3.05) is 0 Å². The molecule has 0 spiro atoms. The summed E-state index contributed by atoms with van der Waals surface area (Å²) in [4.78, 5) is 0. The zero-order valence-electron chi connectivity index (χ0n) is 17.1. The molecule has 0 aliphatic carbocycles. The van der Waals surface area contributed by atoms with E-state index < -0.39 is 0 Å². The van der Waals surface area contributed by atoms with Crippen molar-refractivity contribution in [1.29, 1.82) is 0 Å². The Labute approximate surface area is 159 Å². The van der Waals surface area contributed by atoms with Crippen LogP contribution in [-0.2, 0) is 0 Å². The molecular formula is C23H38P2. The smallest absolute Gasteiger partial charge is 0.00823 e. The lowest BCUT2D eigenvalue weighted by Gasteiger charge is -2.38. The first-order valence-corrected chi connectivity index (χ1v) is 13.6. The summed E-state index contributed by atoms with van der Waals surface area (Å²) in [5.41, 5.74) is 2.91. The van der Waals surface area contributed by atoms with Gasteiger partial charge in [-0.05, 0) is 84.1 Å². The van der Waals surface area contributed by atoms with Crippen LogP contribution in [0.1, 0.15) is 86.0 Å². The predicted molar refractivity (Wildman–Crippen MR) is 119 cm³/mol. The van der Waals surface area contributed by atoms with Gasteiger partial charge in [-0.25, -0.2) is 0 Å². The number of rotatable bonds is 6. The number of benzene rings is 1. The lowest BCUT2D eigenvalue weighted by Crippen LogP contribution is -2.33. The Morgan fingerprint density at radius 2 is 1.40 bits per heavy atom. The first-order chi connectivity index (χ1) is 12.1. The van der Waals surface area contributed by atoms with Gasteiger partial charge in [-0.3, -0.25) is 0 Å². The number of hydrogen-bond donors (Lipinski definition) is 0. The molecular weight excluding hydrogens is 338 g/mol. The minimum absolute atomic E-state index is 0.0182. The maximum atomic E-state index is 2.61. The summed E-state index contributed by atoms with van der Waals surface area (Å²) in [6, 6.07) is 9.80. The van der Waals surface area contributed by atoms with Gasteiger partial charge in [0.25, 0.3) is 0 Å². The molecule has 2 heterocycles. The van der Waals surface area contributed by atoms with Crippen molar-refractivity contribution in [3.63, 3.8) is 0 Å². The average Bonchev–Trinajstić information content (AvgIpc) is 3.22. The fourth-order valence-electron chi connectivity index (χ4n) is 5.43. The molecule has 2 aliphatic heterocycles. The topological polar surface area (TPSA) is 0 Å². The molecule has 0 N–H and O–H groups in total. The first kappa shape index (κ1) is 19.8. The first-order valence-electron chi connectivity index (χ1n) is 10.8. The van der Waals surface area contributed by atoms with Crippen molar-refractivity contribution in [1.82, 2.24) is 0 Å². The summed E-state index contributed by atoms with van der Waals surface area (Å²) in [6.07, 6.45) is 11.4.